The van der Waals surface area contributed by atoms with Crippen molar-refractivity contribution in [2.75, 3.05) is 13.3 Å². The summed E-state index contributed by atoms with van der Waals surface area (Å²) in [6.07, 6.45) is 3.41. The van der Waals surface area contributed by atoms with E-state index in [1.165, 1.54) is 17.5 Å². The van der Waals surface area contributed by atoms with E-state index in [4.69, 9.17) is 4.74 Å². The van der Waals surface area contributed by atoms with E-state index in [0.29, 0.717) is 11.5 Å². The number of carbonyl (C=O) groups is 1. The van der Waals surface area contributed by atoms with Gasteiger partial charge in [0.15, 0.2) is 6.73 Å². The SMILES string of the molecule is Cc1ccc(OCNC(=O)N2CC3(C)CC2CC(C)(C)C3)cc1C. The topological polar surface area (TPSA) is 41.6 Å². The van der Waals surface area contributed by atoms with Crippen LogP contribution in [-0.4, -0.2) is 30.2 Å². The summed E-state index contributed by atoms with van der Waals surface area (Å²) in [6.45, 7) is 12.2. The fourth-order valence-corrected chi connectivity index (χ4v) is 4.78. The second-order valence-corrected chi connectivity index (χ2v) is 8.86. The third-order valence-electron chi connectivity index (χ3n) is 5.62. The van der Waals surface area contributed by atoms with Crippen molar-refractivity contribution >= 4 is 6.03 Å². The lowest BCUT2D eigenvalue weighted by molar-refractivity contribution is 0.128. The molecular formula is C20H30N2O2. The van der Waals surface area contributed by atoms with Gasteiger partial charge >= 0.3 is 6.03 Å². The number of rotatable bonds is 3. The van der Waals surface area contributed by atoms with E-state index in [9.17, 15) is 4.79 Å². The van der Waals surface area contributed by atoms with Crippen LogP contribution in [0.25, 0.3) is 0 Å². The van der Waals surface area contributed by atoms with Crippen LogP contribution < -0.4 is 10.1 Å². The lowest BCUT2D eigenvalue weighted by atomic mass is 9.65. The highest BCUT2D eigenvalue weighted by Gasteiger charge is 2.50. The summed E-state index contributed by atoms with van der Waals surface area (Å²) in [5, 5.41) is 2.93. The van der Waals surface area contributed by atoms with Gasteiger partial charge in [0.2, 0.25) is 0 Å². The smallest absolute Gasteiger partial charge is 0.320 e. The van der Waals surface area contributed by atoms with E-state index in [-0.39, 0.29) is 18.2 Å². The molecule has 2 unspecified atom stereocenters. The molecule has 132 valence electrons. The minimum Gasteiger partial charge on any atom is -0.473 e. The molecule has 2 fully saturated rings. The molecule has 1 aliphatic carbocycles. The molecule has 2 atom stereocenters. The number of benzene rings is 1. The Morgan fingerprint density at radius 3 is 2.71 bits per heavy atom. The molecule has 1 aromatic carbocycles. The Balaban J connectivity index is 1.55. The summed E-state index contributed by atoms with van der Waals surface area (Å²) < 4.78 is 5.69. The van der Waals surface area contributed by atoms with E-state index >= 15 is 0 Å². The van der Waals surface area contributed by atoms with E-state index in [1.54, 1.807) is 0 Å². The molecule has 24 heavy (non-hydrogen) atoms. The number of hydrogen-bond acceptors (Lipinski definition) is 2. The van der Waals surface area contributed by atoms with Gasteiger partial charge in [-0.1, -0.05) is 26.8 Å². The molecule has 2 amide bonds. The van der Waals surface area contributed by atoms with E-state index < -0.39 is 0 Å². The standard InChI is InChI=1S/C20H30N2O2/c1-14-6-7-17(8-15(14)2)24-13-21-18(23)22-12-20(5)10-16(22)9-19(3,4)11-20/h6-8,16H,9-13H2,1-5H3,(H,21,23). The zero-order chi connectivity index (χ0) is 17.5. The van der Waals surface area contributed by atoms with Crippen molar-refractivity contribution < 1.29 is 9.53 Å². The third kappa shape index (κ3) is 3.52. The summed E-state index contributed by atoms with van der Waals surface area (Å²) in [7, 11) is 0. The molecule has 1 saturated carbocycles. The van der Waals surface area contributed by atoms with Crippen LogP contribution in [0.5, 0.6) is 5.75 Å². The van der Waals surface area contributed by atoms with Gasteiger partial charge in [0.25, 0.3) is 0 Å². The van der Waals surface area contributed by atoms with Gasteiger partial charge in [-0.3, -0.25) is 0 Å². The molecule has 1 saturated heterocycles. The van der Waals surface area contributed by atoms with Crippen LogP contribution in [0.15, 0.2) is 18.2 Å². The first kappa shape index (κ1) is 17.1. The number of aryl methyl sites for hydroxylation is 2. The molecule has 4 nitrogen and oxygen atoms in total. The maximum Gasteiger partial charge on any atom is 0.320 e. The Labute approximate surface area is 145 Å². The minimum absolute atomic E-state index is 0.00487. The lowest BCUT2D eigenvalue weighted by Crippen LogP contribution is -2.44. The molecule has 0 radical (unpaired) electrons. The van der Waals surface area contributed by atoms with Crippen LogP contribution in [0.3, 0.4) is 0 Å². The van der Waals surface area contributed by atoms with Crippen molar-refractivity contribution in [3.63, 3.8) is 0 Å². The summed E-state index contributed by atoms with van der Waals surface area (Å²) in [5.74, 6) is 0.798. The average molecular weight is 330 g/mol. The summed E-state index contributed by atoms with van der Waals surface area (Å²) in [6, 6.07) is 6.36. The molecule has 1 heterocycles. The number of amides is 2. The first-order valence-electron chi connectivity index (χ1n) is 8.92. The second kappa shape index (κ2) is 5.98. The van der Waals surface area contributed by atoms with Gasteiger partial charge in [0.05, 0.1) is 0 Å². The molecule has 2 aliphatic rings. The fourth-order valence-electron chi connectivity index (χ4n) is 4.78. The van der Waals surface area contributed by atoms with Crippen LogP contribution >= 0.6 is 0 Å². The molecule has 3 rings (SSSR count). The third-order valence-corrected chi connectivity index (χ3v) is 5.62. The first-order chi connectivity index (χ1) is 11.2. The highest BCUT2D eigenvalue weighted by molar-refractivity contribution is 5.75. The summed E-state index contributed by atoms with van der Waals surface area (Å²) in [4.78, 5) is 14.6. The molecule has 0 aromatic heterocycles. The number of fused-ring (bicyclic) bond motifs is 2. The van der Waals surface area contributed by atoms with Gasteiger partial charge < -0.3 is 15.0 Å². The van der Waals surface area contributed by atoms with Crippen LogP contribution in [0.1, 0.15) is 51.2 Å². The number of nitrogens with one attached hydrogen (secondary N) is 1. The first-order valence-corrected chi connectivity index (χ1v) is 8.92. The molecule has 2 bridgehead atoms. The maximum absolute atomic E-state index is 12.6. The largest absolute Gasteiger partial charge is 0.473 e. The number of ether oxygens (including phenoxy) is 1. The predicted molar refractivity (Wildman–Crippen MR) is 96.2 cm³/mol. The average Bonchev–Trinajstić information content (AvgIpc) is 2.72. The maximum atomic E-state index is 12.6. The van der Waals surface area contributed by atoms with Crippen LogP contribution in [-0.2, 0) is 0 Å². The Hall–Kier alpha value is -1.71. The Morgan fingerprint density at radius 2 is 2.00 bits per heavy atom. The van der Waals surface area contributed by atoms with Crippen molar-refractivity contribution in [1.82, 2.24) is 10.2 Å². The molecule has 4 heteroatoms. The molecule has 1 aromatic rings. The number of likely N-dealkylation sites (tertiary alicyclic amines) is 1. The second-order valence-electron chi connectivity index (χ2n) is 8.86. The van der Waals surface area contributed by atoms with Gasteiger partial charge in [-0.25, -0.2) is 4.79 Å². The highest BCUT2D eigenvalue weighted by Crippen LogP contribution is 2.52. The van der Waals surface area contributed by atoms with Gasteiger partial charge in [0, 0.05) is 12.6 Å². The molecule has 0 spiro atoms. The van der Waals surface area contributed by atoms with E-state index in [2.05, 4.69) is 39.9 Å². The zero-order valence-electron chi connectivity index (χ0n) is 15.6. The monoisotopic (exact) mass is 330 g/mol. The quantitative estimate of drug-likeness (QED) is 0.842. The normalized spacial score (nSPS) is 27.9. The minimum atomic E-state index is 0.00487. The van der Waals surface area contributed by atoms with E-state index in [0.717, 1.165) is 25.1 Å². The van der Waals surface area contributed by atoms with Crippen LogP contribution in [0.2, 0.25) is 0 Å². The van der Waals surface area contributed by atoms with Crippen LogP contribution in [0.4, 0.5) is 4.79 Å². The van der Waals surface area contributed by atoms with E-state index in [1.807, 2.05) is 23.1 Å². The number of hydrogen-bond donors (Lipinski definition) is 1. The fraction of sp³-hybridized carbons (Fsp3) is 0.650. The van der Waals surface area contributed by atoms with Crippen molar-refractivity contribution in [3.05, 3.63) is 29.3 Å². The summed E-state index contributed by atoms with van der Waals surface area (Å²) >= 11 is 0. The zero-order valence-corrected chi connectivity index (χ0v) is 15.6. The predicted octanol–water partition coefficient (Wildman–Crippen LogP) is 4.25. The molecule has 1 aliphatic heterocycles. The Kier molecular flexibility index (Phi) is 4.27. The molecule has 1 N–H and O–H groups in total. The van der Waals surface area contributed by atoms with Gasteiger partial charge in [-0.15, -0.1) is 0 Å². The summed E-state index contributed by atoms with van der Waals surface area (Å²) in [5.41, 5.74) is 3.02. The van der Waals surface area contributed by atoms with Gasteiger partial charge in [0.1, 0.15) is 5.75 Å². The number of urea groups is 1. The van der Waals surface area contributed by atoms with Crippen molar-refractivity contribution in [1.29, 1.82) is 0 Å². The number of nitrogens with zero attached hydrogens (tertiary/aromatic N) is 1. The Morgan fingerprint density at radius 1 is 1.25 bits per heavy atom. The van der Waals surface area contributed by atoms with Gasteiger partial charge in [-0.2, -0.15) is 0 Å². The Bertz CT molecular complexity index is 641. The van der Waals surface area contributed by atoms with Crippen molar-refractivity contribution in [2.24, 2.45) is 10.8 Å². The lowest BCUT2D eigenvalue weighted by Gasteiger charge is -2.39. The van der Waals surface area contributed by atoms with Crippen molar-refractivity contribution in [2.45, 2.75) is 59.9 Å². The van der Waals surface area contributed by atoms with Crippen LogP contribution in [0, 0.1) is 24.7 Å². The van der Waals surface area contributed by atoms with Gasteiger partial charge in [-0.05, 0) is 67.2 Å². The van der Waals surface area contributed by atoms with Crippen molar-refractivity contribution in [3.8, 4) is 5.75 Å². The molecular weight excluding hydrogens is 300 g/mol. The number of carbonyl (C=O) groups excluding carboxylic acids is 1. The highest BCUT2D eigenvalue weighted by atomic mass is 16.5.